The SMILES string of the molecule is C#Cc1cccc2c1cnn2C. The fourth-order valence-corrected chi connectivity index (χ4v) is 1.30. The third kappa shape index (κ3) is 0.802. The first-order chi connectivity index (χ1) is 5.83. The maximum atomic E-state index is 5.34. The fourth-order valence-electron chi connectivity index (χ4n) is 1.30. The first-order valence-electron chi connectivity index (χ1n) is 3.70. The van der Waals surface area contributed by atoms with Gasteiger partial charge in [0.15, 0.2) is 0 Å². The molecule has 0 fully saturated rings. The van der Waals surface area contributed by atoms with Crippen molar-refractivity contribution >= 4 is 10.9 Å². The van der Waals surface area contributed by atoms with E-state index in [4.69, 9.17) is 6.42 Å². The number of benzene rings is 1. The predicted molar refractivity (Wildman–Crippen MR) is 48.6 cm³/mol. The van der Waals surface area contributed by atoms with E-state index in [0.29, 0.717) is 0 Å². The highest BCUT2D eigenvalue weighted by atomic mass is 15.2. The zero-order valence-corrected chi connectivity index (χ0v) is 6.78. The average molecular weight is 156 g/mol. The van der Waals surface area contributed by atoms with Crippen LogP contribution in [0.2, 0.25) is 0 Å². The highest BCUT2D eigenvalue weighted by Gasteiger charge is 2.01. The zero-order chi connectivity index (χ0) is 8.55. The molecule has 0 aliphatic rings. The van der Waals surface area contributed by atoms with E-state index in [1.54, 1.807) is 6.20 Å². The molecule has 2 heteroatoms. The van der Waals surface area contributed by atoms with Gasteiger partial charge in [-0.15, -0.1) is 6.42 Å². The van der Waals surface area contributed by atoms with Crippen molar-refractivity contribution in [3.05, 3.63) is 30.0 Å². The monoisotopic (exact) mass is 156 g/mol. The van der Waals surface area contributed by atoms with Crippen molar-refractivity contribution in [3.8, 4) is 12.3 Å². The van der Waals surface area contributed by atoms with Crippen LogP contribution in [0.5, 0.6) is 0 Å². The molecule has 0 bridgehead atoms. The molecule has 0 atom stereocenters. The van der Waals surface area contributed by atoms with E-state index in [2.05, 4.69) is 11.0 Å². The normalized spacial score (nSPS) is 10.0. The summed E-state index contributed by atoms with van der Waals surface area (Å²) in [5, 5.41) is 5.17. The minimum Gasteiger partial charge on any atom is -0.268 e. The van der Waals surface area contributed by atoms with Gasteiger partial charge >= 0.3 is 0 Å². The number of hydrogen-bond acceptors (Lipinski definition) is 1. The molecule has 2 rings (SSSR count). The van der Waals surface area contributed by atoms with Gasteiger partial charge < -0.3 is 0 Å². The molecular formula is C10H8N2. The second kappa shape index (κ2) is 2.38. The smallest absolute Gasteiger partial charge is 0.0691 e. The Balaban J connectivity index is 2.92. The van der Waals surface area contributed by atoms with Crippen molar-refractivity contribution in [1.82, 2.24) is 9.78 Å². The Morgan fingerprint density at radius 2 is 2.33 bits per heavy atom. The van der Waals surface area contributed by atoms with Crippen LogP contribution in [-0.2, 0) is 7.05 Å². The van der Waals surface area contributed by atoms with Gasteiger partial charge in [0.1, 0.15) is 0 Å². The maximum absolute atomic E-state index is 5.34. The van der Waals surface area contributed by atoms with Crippen molar-refractivity contribution in [1.29, 1.82) is 0 Å². The lowest BCUT2D eigenvalue weighted by Gasteiger charge is -1.94. The molecule has 0 amide bonds. The Labute approximate surface area is 70.8 Å². The zero-order valence-electron chi connectivity index (χ0n) is 6.78. The van der Waals surface area contributed by atoms with Crippen molar-refractivity contribution in [2.45, 2.75) is 0 Å². The van der Waals surface area contributed by atoms with E-state index < -0.39 is 0 Å². The molecule has 0 unspecified atom stereocenters. The van der Waals surface area contributed by atoms with Gasteiger partial charge in [0.2, 0.25) is 0 Å². The first kappa shape index (κ1) is 6.93. The number of aryl methyl sites for hydroxylation is 1. The predicted octanol–water partition coefficient (Wildman–Crippen LogP) is 1.55. The molecule has 0 saturated carbocycles. The van der Waals surface area contributed by atoms with Gasteiger partial charge in [-0.05, 0) is 12.1 Å². The minimum absolute atomic E-state index is 0.903. The molecule has 58 valence electrons. The molecule has 1 aromatic heterocycles. The van der Waals surface area contributed by atoms with E-state index in [0.717, 1.165) is 16.5 Å². The average Bonchev–Trinajstić information content (AvgIpc) is 2.48. The van der Waals surface area contributed by atoms with Crippen LogP contribution in [0, 0.1) is 12.3 Å². The largest absolute Gasteiger partial charge is 0.268 e. The van der Waals surface area contributed by atoms with Gasteiger partial charge in [0.05, 0.1) is 11.7 Å². The second-order valence-corrected chi connectivity index (χ2v) is 2.65. The van der Waals surface area contributed by atoms with Gasteiger partial charge in [-0.25, -0.2) is 0 Å². The summed E-state index contributed by atoms with van der Waals surface area (Å²) in [6.45, 7) is 0. The van der Waals surface area contributed by atoms with Crippen LogP contribution < -0.4 is 0 Å². The van der Waals surface area contributed by atoms with Crippen molar-refractivity contribution < 1.29 is 0 Å². The summed E-state index contributed by atoms with van der Waals surface area (Å²) in [5.74, 6) is 2.63. The molecule has 0 N–H and O–H groups in total. The molecular weight excluding hydrogens is 148 g/mol. The molecule has 0 spiro atoms. The number of nitrogens with zero attached hydrogens (tertiary/aromatic N) is 2. The van der Waals surface area contributed by atoms with E-state index >= 15 is 0 Å². The van der Waals surface area contributed by atoms with Crippen LogP contribution in [0.3, 0.4) is 0 Å². The van der Waals surface area contributed by atoms with E-state index in [1.165, 1.54) is 0 Å². The Hall–Kier alpha value is -1.75. The van der Waals surface area contributed by atoms with Crippen LogP contribution in [0.15, 0.2) is 24.4 Å². The van der Waals surface area contributed by atoms with Crippen molar-refractivity contribution in [2.24, 2.45) is 7.05 Å². The Morgan fingerprint density at radius 1 is 1.50 bits per heavy atom. The summed E-state index contributed by atoms with van der Waals surface area (Å²) >= 11 is 0. The fraction of sp³-hybridized carbons (Fsp3) is 0.100. The summed E-state index contributed by atoms with van der Waals surface area (Å²) < 4.78 is 1.82. The van der Waals surface area contributed by atoms with Crippen molar-refractivity contribution in [3.63, 3.8) is 0 Å². The summed E-state index contributed by atoms with van der Waals surface area (Å²) in [4.78, 5) is 0. The second-order valence-electron chi connectivity index (χ2n) is 2.65. The lowest BCUT2D eigenvalue weighted by Crippen LogP contribution is -1.88. The highest BCUT2D eigenvalue weighted by molar-refractivity contribution is 5.84. The van der Waals surface area contributed by atoms with E-state index in [-0.39, 0.29) is 0 Å². The summed E-state index contributed by atoms with van der Waals surface area (Å²) in [6, 6.07) is 5.87. The maximum Gasteiger partial charge on any atom is 0.0691 e. The number of rotatable bonds is 0. The highest BCUT2D eigenvalue weighted by Crippen LogP contribution is 2.16. The number of aromatic nitrogens is 2. The molecule has 0 aliphatic carbocycles. The van der Waals surface area contributed by atoms with Gasteiger partial charge in [0.25, 0.3) is 0 Å². The van der Waals surface area contributed by atoms with Gasteiger partial charge in [-0.1, -0.05) is 12.0 Å². The van der Waals surface area contributed by atoms with Gasteiger partial charge in [0, 0.05) is 18.0 Å². The Kier molecular flexibility index (Phi) is 1.38. The third-order valence-corrected chi connectivity index (χ3v) is 1.95. The minimum atomic E-state index is 0.903. The van der Waals surface area contributed by atoms with Crippen LogP contribution in [-0.4, -0.2) is 9.78 Å². The van der Waals surface area contributed by atoms with Crippen molar-refractivity contribution in [2.75, 3.05) is 0 Å². The van der Waals surface area contributed by atoms with E-state index in [1.807, 2.05) is 29.9 Å². The third-order valence-electron chi connectivity index (χ3n) is 1.95. The molecule has 1 heterocycles. The quantitative estimate of drug-likeness (QED) is 0.529. The molecule has 12 heavy (non-hydrogen) atoms. The number of terminal acetylenes is 1. The molecule has 0 aliphatic heterocycles. The van der Waals surface area contributed by atoms with Crippen LogP contribution in [0.4, 0.5) is 0 Å². The number of hydrogen-bond donors (Lipinski definition) is 0. The topological polar surface area (TPSA) is 17.8 Å². The first-order valence-corrected chi connectivity index (χ1v) is 3.70. The molecule has 0 saturated heterocycles. The van der Waals surface area contributed by atoms with Gasteiger partial charge in [-0.2, -0.15) is 5.10 Å². The van der Waals surface area contributed by atoms with Crippen LogP contribution >= 0.6 is 0 Å². The molecule has 2 nitrogen and oxygen atoms in total. The molecule has 0 radical (unpaired) electrons. The Morgan fingerprint density at radius 3 is 3.08 bits per heavy atom. The summed E-state index contributed by atoms with van der Waals surface area (Å²) in [5.41, 5.74) is 1.98. The Bertz CT molecular complexity index is 460. The summed E-state index contributed by atoms with van der Waals surface area (Å²) in [6.07, 6.45) is 7.13. The van der Waals surface area contributed by atoms with E-state index in [9.17, 15) is 0 Å². The lowest BCUT2D eigenvalue weighted by molar-refractivity contribution is 0.797. The standard InChI is InChI=1S/C10H8N2/c1-3-8-5-4-6-10-9(8)7-11-12(10)2/h1,4-7H,2H3. The van der Waals surface area contributed by atoms with Crippen LogP contribution in [0.1, 0.15) is 5.56 Å². The molecule has 1 aromatic carbocycles. The molecule has 2 aromatic rings. The van der Waals surface area contributed by atoms with Gasteiger partial charge in [-0.3, -0.25) is 4.68 Å². The van der Waals surface area contributed by atoms with Crippen LogP contribution in [0.25, 0.3) is 10.9 Å². The number of fused-ring (bicyclic) bond motifs is 1. The summed E-state index contributed by atoms with van der Waals surface area (Å²) in [7, 11) is 1.91. The lowest BCUT2D eigenvalue weighted by atomic mass is 10.1.